The van der Waals surface area contributed by atoms with Crippen LogP contribution in [0.4, 0.5) is 15.0 Å². The van der Waals surface area contributed by atoms with Crippen LogP contribution in [0.5, 0.6) is 11.5 Å². The van der Waals surface area contributed by atoms with Crippen LogP contribution in [0.15, 0.2) is 30.7 Å². The summed E-state index contributed by atoms with van der Waals surface area (Å²) in [7, 11) is 0. The van der Waals surface area contributed by atoms with Gasteiger partial charge in [-0.1, -0.05) is 0 Å². The zero-order valence-corrected chi connectivity index (χ0v) is 22.6. The number of piperidine rings is 1. The minimum absolute atomic E-state index is 0.0520. The summed E-state index contributed by atoms with van der Waals surface area (Å²) in [5.74, 6) is 0.554. The second-order valence-corrected chi connectivity index (χ2v) is 10.5. The molecule has 0 saturated carbocycles. The molecule has 37 heavy (non-hydrogen) atoms. The third kappa shape index (κ3) is 7.77. The summed E-state index contributed by atoms with van der Waals surface area (Å²) in [5, 5.41) is 2.86. The standard InChI is InChI=1S/C27H38FN5O4/c1-7-33(18(2)3)25(34)21-13-20(28)10-11-22(21)36-23-15-29-17-31-24(23)32-12-8-9-19(16-32)14-30-26(35)37-27(4,5)6/h10-11,13,15,17-19H,7-9,12,14,16H2,1-6H3,(H,30,35)/t19-/m1/s1. The lowest BCUT2D eigenvalue weighted by Gasteiger charge is -2.34. The van der Waals surface area contributed by atoms with Gasteiger partial charge in [0.1, 0.15) is 23.5 Å². The fraction of sp³-hybridized carbons (Fsp3) is 0.556. The Morgan fingerprint density at radius 2 is 2.03 bits per heavy atom. The number of amides is 2. The number of benzene rings is 1. The predicted molar refractivity (Wildman–Crippen MR) is 140 cm³/mol. The molecule has 1 fully saturated rings. The second-order valence-electron chi connectivity index (χ2n) is 10.5. The van der Waals surface area contributed by atoms with Crippen molar-refractivity contribution in [1.29, 1.82) is 0 Å². The molecule has 0 bridgehead atoms. The summed E-state index contributed by atoms with van der Waals surface area (Å²) in [6.45, 7) is 13.5. The molecule has 9 nitrogen and oxygen atoms in total. The molecule has 2 aromatic rings. The third-order valence-electron chi connectivity index (χ3n) is 6.03. The van der Waals surface area contributed by atoms with Crippen LogP contribution >= 0.6 is 0 Å². The van der Waals surface area contributed by atoms with Gasteiger partial charge in [0.2, 0.25) is 0 Å². The van der Waals surface area contributed by atoms with Gasteiger partial charge in [-0.3, -0.25) is 4.79 Å². The molecule has 1 aliphatic rings. The fourth-order valence-corrected chi connectivity index (χ4v) is 4.36. The smallest absolute Gasteiger partial charge is 0.407 e. The van der Waals surface area contributed by atoms with E-state index in [2.05, 4.69) is 20.2 Å². The van der Waals surface area contributed by atoms with Crippen molar-refractivity contribution in [3.63, 3.8) is 0 Å². The molecule has 202 valence electrons. The van der Waals surface area contributed by atoms with Crippen LogP contribution in [0.25, 0.3) is 0 Å². The molecular weight excluding hydrogens is 477 g/mol. The molecule has 3 rings (SSSR count). The van der Waals surface area contributed by atoms with E-state index in [1.165, 1.54) is 24.5 Å². The maximum atomic E-state index is 14.2. The summed E-state index contributed by atoms with van der Waals surface area (Å²) in [5.41, 5.74) is -0.414. The highest BCUT2D eigenvalue weighted by Gasteiger charge is 2.27. The predicted octanol–water partition coefficient (Wildman–Crippen LogP) is 5.02. The van der Waals surface area contributed by atoms with Gasteiger partial charge in [0, 0.05) is 32.2 Å². The summed E-state index contributed by atoms with van der Waals surface area (Å²) < 4.78 is 25.7. The molecule has 1 saturated heterocycles. The van der Waals surface area contributed by atoms with Crippen molar-refractivity contribution in [2.24, 2.45) is 5.92 Å². The van der Waals surface area contributed by atoms with E-state index in [9.17, 15) is 14.0 Å². The molecule has 1 N–H and O–H groups in total. The van der Waals surface area contributed by atoms with Crippen molar-refractivity contribution in [2.75, 3.05) is 31.1 Å². The summed E-state index contributed by atoms with van der Waals surface area (Å²) >= 11 is 0. The zero-order valence-electron chi connectivity index (χ0n) is 22.6. The van der Waals surface area contributed by atoms with Crippen LogP contribution < -0.4 is 15.0 Å². The molecule has 1 atom stereocenters. The molecule has 1 aromatic carbocycles. The fourth-order valence-electron chi connectivity index (χ4n) is 4.36. The van der Waals surface area contributed by atoms with Crippen LogP contribution in [0, 0.1) is 11.7 Å². The highest BCUT2D eigenvalue weighted by Crippen LogP contribution is 2.34. The van der Waals surface area contributed by atoms with Gasteiger partial charge >= 0.3 is 6.09 Å². The van der Waals surface area contributed by atoms with Gasteiger partial charge in [-0.15, -0.1) is 0 Å². The summed E-state index contributed by atoms with van der Waals surface area (Å²) in [4.78, 5) is 37.6. The van der Waals surface area contributed by atoms with Gasteiger partial charge < -0.3 is 24.6 Å². The lowest BCUT2D eigenvalue weighted by Crippen LogP contribution is -2.42. The molecule has 10 heteroatoms. The van der Waals surface area contributed by atoms with Gasteiger partial charge in [0.25, 0.3) is 5.91 Å². The van der Waals surface area contributed by atoms with E-state index < -0.39 is 17.5 Å². The summed E-state index contributed by atoms with van der Waals surface area (Å²) in [6.07, 6.45) is 4.41. The molecule has 0 aliphatic carbocycles. The van der Waals surface area contributed by atoms with Crippen LogP contribution in [-0.2, 0) is 4.74 Å². The van der Waals surface area contributed by atoms with Crippen molar-refractivity contribution in [1.82, 2.24) is 20.2 Å². The number of halogens is 1. The summed E-state index contributed by atoms with van der Waals surface area (Å²) in [6, 6.07) is 3.87. The largest absolute Gasteiger partial charge is 0.451 e. The van der Waals surface area contributed by atoms with E-state index in [-0.39, 0.29) is 29.2 Å². The maximum absolute atomic E-state index is 14.2. The van der Waals surface area contributed by atoms with Crippen molar-refractivity contribution >= 4 is 17.8 Å². The van der Waals surface area contributed by atoms with Gasteiger partial charge in [-0.2, -0.15) is 0 Å². The van der Waals surface area contributed by atoms with Crippen molar-refractivity contribution in [3.05, 3.63) is 42.1 Å². The maximum Gasteiger partial charge on any atom is 0.407 e. The molecule has 0 radical (unpaired) electrons. The molecule has 1 aromatic heterocycles. The lowest BCUT2D eigenvalue weighted by molar-refractivity contribution is 0.0517. The van der Waals surface area contributed by atoms with Crippen LogP contribution in [0.1, 0.15) is 64.7 Å². The second kappa shape index (κ2) is 12.2. The Bertz CT molecular complexity index is 1090. The number of alkyl carbamates (subject to hydrolysis) is 1. The number of ether oxygens (including phenoxy) is 2. The monoisotopic (exact) mass is 515 g/mol. The number of aromatic nitrogens is 2. The highest BCUT2D eigenvalue weighted by atomic mass is 19.1. The number of carbonyl (C=O) groups is 2. The van der Waals surface area contributed by atoms with Gasteiger partial charge in [0.15, 0.2) is 11.6 Å². The number of hydrogen-bond acceptors (Lipinski definition) is 7. The van der Waals surface area contributed by atoms with Gasteiger partial charge in [0.05, 0.1) is 11.8 Å². The van der Waals surface area contributed by atoms with E-state index in [1.807, 2.05) is 41.5 Å². The van der Waals surface area contributed by atoms with Crippen LogP contribution in [-0.4, -0.2) is 64.7 Å². The average molecular weight is 516 g/mol. The van der Waals surface area contributed by atoms with E-state index in [1.54, 1.807) is 11.1 Å². The SMILES string of the molecule is CCN(C(=O)c1cc(F)ccc1Oc1cncnc1N1CCC[C@H](CNC(=O)OC(C)(C)C)C1)C(C)C. The Labute approximate surface area is 218 Å². The van der Waals surface area contributed by atoms with Crippen molar-refractivity contribution in [3.8, 4) is 11.5 Å². The first kappa shape index (κ1) is 28.1. The molecule has 2 heterocycles. The Hall–Kier alpha value is -3.43. The third-order valence-corrected chi connectivity index (χ3v) is 6.03. The number of anilines is 1. The Kier molecular flexibility index (Phi) is 9.29. The first-order chi connectivity index (χ1) is 17.5. The highest BCUT2D eigenvalue weighted by molar-refractivity contribution is 5.97. The van der Waals surface area contributed by atoms with Gasteiger partial charge in [-0.05, 0) is 78.5 Å². The normalized spacial score (nSPS) is 15.9. The Balaban J connectivity index is 1.78. The molecule has 0 spiro atoms. The number of hydrogen-bond donors (Lipinski definition) is 1. The molecule has 1 aliphatic heterocycles. The molecule has 2 amide bonds. The Morgan fingerprint density at radius 1 is 1.27 bits per heavy atom. The van der Waals surface area contributed by atoms with Crippen molar-refractivity contribution < 1.29 is 23.5 Å². The molecule has 0 unspecified atom stereocenters. The quantitative estimate of drug-likeness (QED) is 0.527. The minimum Gasteiger partial charge on any atom is -0.451 e. The number of carbonyl (C=O) groups excluding carboxylic acids is 2. The zero-order chi connectivity index (χ0) is 27.2. The van der Waals surface area contributed by atoms with E-state index >= 15 is 0 Å². The lowest BCUT2D eigenvalue weighted by atomic mass is 9.98. The molecular formula is C27H38FN5O4. The van der Waals surface area contributed by atoms with E-state index in [0.29, 0.717) is 31.2 Å². The Morgan fingerprint density at radius 3 is 2.70 bits per heavy atom. The topological polar surface area (TPSA) is 96.9 Å². The average Bonchev–Trinajstić information content (AvgIpc) is 2.83. The van der Waals surface area contributed by atoms with Crippen LogP contribution in [0.2, 0.25) is 0 Å². The first-order valence-corrected chi connectivity index (χ1v) is 12.8. The van der Waals surface area contributed by atoms with E-state index in [4.69, 9.17) is 9.47 Å². The first-order valence-electron chi connectivity index (χ1n) is 12.8. The minimum atomic E-state index is -0.556. The number of nitrogens with one attached hydrogen (secondary N) is 1. The van der Waals surface area contributed by atoms with E-state index in [0.717, 1.165) is 19.4 Å². The number of rotatable bonds is 8. The number of nitrogens with zero attached hydrogens (tertiary/aromatic N) is 4. The van der Waals surface area contributed by atoms with Crippen LogP contribution in [0.3, 0.4) is 0 Å². The van der Waals surface area contributed by atoms with Gasteiger partial charge in [-0.25, -0.2) is 19.2 Å². The van der Waals surface area contributed by atoms with Crippen molar-refractivity contribution in [2.45, 2.75) is 66.0 Å².